The van der Waals surface area contributed by atoms with Crippen molar-refractivity contribution in [2.45, 2.75) is 119 Å². The largest absolute Gasteiger partial charge is 0.476 e. The number of unbranched alkanes of at least 4 members (excludes halogenated alkanes) is 6. The summed E-state index contributed by atoms with van der Waals surface area (Å²) in [4.78, 5) is 17.0. The van der Waals surface area contributed by atoms with Gasteiger partial charge in [-0.05, 0) is 101 Å². The Balaban J connectivity index is 1.60. The van der Waals surface area contributed by atoms with Gasteiger partial charge in [0, 0.05) is 22.3 Å². The fraction of sp³-hybridized carbons (Fsp3) is 0.600. The second-order valence-electron chi connectivity index (χ2n) is 14.6. The molecule has 0 aliphatic carbocycles. The van der Waals surface area contributed by atoms with E-state index in [0.717, 1.165) is 29.7 Å². The summed E-state index contributed by atoms with van der Waals surface area (Å²) in [6.07, 6.45) is 9.89. The molecule has 1 aromatic heterocycles. The standard InChI is InChI=1S/C40H58BrCl2N3O3/c1-26(2)40(27(3)4,28(5)6)22-14-12-10-9-11-13-15-23-49-25-30(8)46-37(36(38(47)48)45-39(46)41)35(31-17-20-32(42)21-18-31)44-34-24-33(43)19-16-29(34)7/h16-21,24,26-28,30,35,44H,9-15,22-23,25H2,1-8H3,(H,47,48)/t30-,35?/m1/s1. The van der Waals surface area contributed by atoms with Crippen molar-refractivity contribution in [2.24, 2.45) is 23.2 Å². The normalized spacial score (nSPS) is 13.4. The van der Waals surface area contributed by atoms with Crippen molar-refractivity contribution in [1.82, 2.24) is 9.55 Å². The maximum absolute atomic E-state index is 12.5. The smallest absolute Gasteiger partial charge is 0.356 e. The Morgan fingerprint density at radius 1 is 0.878 bits per heavy atom. The molecule has 2 atom stereocenters. The summed E-state index contributed by atoms with van der Waals surface area (Å²) in [5.74, 6) is 1.01. The molecule has 0 fully saturated rings. The number of rotatable bonds is 21. The molecule has 0 aliphatic heterocycles. The van der Waals surface area contributed by atoms with Gasteiger partial charge in [-0.3, -0.25) is 0 Å². The van der Waals surface area contributed by atoms with Gasteiger partial charge >= 0.3 is 5.97 Å². The highest BCUT2D eigenvalue weighted by Crippen LogP contribution is 2.47. The predicted octanol–water partition coefficient (Wildman–Crippen LogP) is 12.8. The van der Waals surface area contributed by atoms with E-state index in [2.05, 4.69) is 67.8 Å². The quantitative estimate of drug-likeness (QED) is 0.105. The van der Waals surface area contributed by atoms with Crippen LogP contribution in [0.15, 0.2) is 47.2 Å². The molecule has 0 aliphatic rings. The maximum atomic E-state index is 12.5. The zero-order chi connectivity index (χ0) is 36.3. The second-order valence-corrected chi connectivity index (χ2v) is 16.2. The fourth-order valence-corrected chi connectivity index (χ4v) is 8.87. The Kier molecular flexibility index (Phi) is 16.5. The van der Waals surface area contributed by atoms with Gasteiger partial charge in [0.2, 0.25) is 0 Å². The van der Waals surface area contributed by atoms with Crippen molar-refractivity contribution in [1.29, 1.82) is 0 Å². The van der Waals surface area contributed by atoms with Crippen LogP contribution >= 0.6 is 39.1 Å². The summed E-state index contributed by atoms with van der Waals surface area (Å²) in [7, 11) is 0. The van der Waals surface area contributed by atoms with E-state index < -0.39 is 12.0 Å². The average molecular weight is 780 g/mol. The molecular formula is C40H58BrCl2N3O3. The zero-order valence-corrected chi connectivity index (χ0v) is 33.9. The number of ether oxygens (including phenoxy) is 1. The lowest BCUT2D eigenvalue weighted by Gasteiger charge is -2.45. The third-order valence-electron chi connectivity index (χ3n) is 10.5. The number of aryl methyl sites for hydroxylation is 1. The molecule has 2 aromatic carbocycles. The van der Waals surface area contributed by atoms with E-state index in [-0.39, 0.29) is 11.7 Å². The van der Waals surface area contributed by atoms with Crippen LogP contribution < -0.4 is 5.32 Å². The van der Waals surface area contributed by atoms with E-state index in [9.17, 15) is 9.90 Å². The number of aromatic carboxylic acids is 1. The number of hydrogen-bond donors (Lipinski definition) is 2. The van der Waals surface area contributed by atoms with Gasteiger partial charge in [-0.2, -0.15) is 0 Å². The molecule has 0 saturated heterocycles. The first-order chi connectivity index (χ1) is 23.2. The third-order valence-corrected chi connectivity index (χ3v) is 11.6. The summed E-state index contributed by atoms with van der Waals surface area (Å²) in [5.41, 5.74) is 3.53. The molecule has 1 unspecified atom stereocenters. The lowest BCUT2D eigenvalue weighted by molar-refractivity contribution is 0.0356. The van der Waals surface area contributed by atoms with Gasteiger partial charge in [-0.1, -0.05) is 121 Å². The number of hydrogen-bond acceptors (Lipinski definition) is 4. The van der Waals surface area contributed by atoms with Crippen LogP contribution in [0, 0.1) is 30.1 Å². The maximum Gasteiger partial charge on any atom is 0.356 e. The van der Waals surface area contributed by atoms with Gasteiger partial charge in [0.05, 0.1) is 24.4 Å². The topological polar surface area (TPSA) is 76.4 Å². The van der Waals surface area contributed by atoms with Crippen molar-refractivity contribution in [3.8, 4) is 0 Å². The molecule has 3 aromatic rings. The number of anilines is 1. The SMILES string of the molecule is Cc1ccc(Cl)cc1NC(c1ccc(Cl)cc1)c1c(C(=O)O)nc(Br)n1[C@H](C)COCCCCCCCCCC(C(C)C)(C(C)C)C(C)C. The van der Waals surface area contributed by atoms with Gasteiger partial charge in [0.15, 0.2) is 10.4 Å². The van der Waals surface area contributed by atoms with Gasteiger partial charge in [-0.25, -0.2) is 9.78 Å². The van der Waals surface area contributed by atoms with E-state index in [0.29, 0.717) is 56.9 Å². The summed E-state index contributed by atoms with van der Waals surface area (Å²) >= 11 is 16.2. The summed E-state index contributed by atoms with van der Waals surface area (Å²) in [5, 5.41) is 15.0. The molecule has 0 amide bonds. The number of imidazole rings is 1. The van der Waals surface area contributed by atoms with E-state index in [1.165, 1.54) is 38.5 Å². The monoisotopic (exact) mass is 777 g/mol. The minimum atomic E-state index is -1.11. The molecule has 1 heterocycles. The van der Waals surface area contributed by atoms with Crippen LogP contribution in [0.5, 0.6) is 0 Å². The van der Waals surface area contributed by atoms with Gasteiger partial charge in [0.25, 0.3) is 0 Å². The van der Waals surface area contributed by atoms with E-state index in [4.69, 9.17) is 27.9 Å². The lowest BCUT2D eigenvalue weighted by atomic mass is 9.60. The Labute approximate surface area is 313 Å². The molecular weight excluding hydrogens is 721 g/mol. The fourth-order valence-electron chi connectivity index (χ4n) is 7.85. The number of nitrogens with one attached hydrogen (secondary N) is 1. The molecule has 2 N–H and O–H groups in total. The highest BCUT2D eigenvalue weighted by atomic mass is 79.9. The van der Waals surface area contributed by atoms with Crippen LogP contribution in [-0.4, -0.2) is 33.8 Å². The van der Waals surface area contributed by atoms with E-state index in [1.807, 2.05) is 48.7 Å². The predicted molar refractivity (Wildman–Crippen MR) is 209 cm³/mol. The Morgan fingerprint density at radius 2 is 1.43 bits per heavy atom. The van der Waals surface area contributed by atoms with Gasteiger partial charge in [0.1, 0.15) is 0 Å². The van der Waals surface area contributed by atoms with Crippen LogP contribution in [-0.2, 0) is 4.74 Å². The summed E-state index contributed by atoms with van der Waals surface area (Å²) in [6, 6.07) is 12.3. The highest BCUT2D eigenvalue weighted by molar-refractivity contribution is 9.10. The Morgan fingerprint density at radius 3 is 2.00 bits per heavy atom. The number of carbonyl (C=O) groups is 1. The summed E-state index contributed by atoms with van der Waals surface area (Å²) in [6.45, 7) is 19.5. The van der Waals surface area contributed by atoms with Crippen LogP contribution in [0.25, 0.3) is 0 Å². The second kappa shape index (κ2) is 19.5. The van der Waals surface area contributed by atoms with Gasteiger partial charge in [-0.15, -0.1) is 0 Å². The lowest BCUT2D eigenvalue weighted by Crippen LogP contribution is -2.38. The van der Waals surface area contributed by atoms with Crippen LogP contribution in [0.1, 0.15) is 139 Å². The first-order valence-electron chi connectivity index (χ1n) is 18.1. The molecule has 0 bridgehead atoms. The van der Waals surface area contributed by atoms with Crippen LogP contribution in [0.2, 0.25) is 10.0 Å². The minimum Gasteiger partial charge on any atom is -0.476 e. The molecule has 272 valence electrons. The highest BCUT2D eigenvalue weighted by Gasteiger charge is 2.39. The molecule has 49 heavy (non-hydrogen) atoms. The first kappa shape index (κ1) is 41.4. The van der Waals surface area contributed by atoms with Crippen molar-refractivity contribution < 1.29 is 14.6 Å². The summed E-state index contributed by atoms with van der Waals surface area (Å²) < 4.78 is 8.52. The number of benzene rings is 2. The number of carboxylic acid groups (broad SMARTS) is 1. The third kappa shape index (κ3) is 11.0. The van der Waals surface area contributed by atoms with Crippen molar-refractivity contribution in [3.63, 3.8) is 0 Å². The first-order valence-corrected chi connectivity index (χ1v) is 19.6. The van der Waals surface area contributed by atoms with Crippen LogP contribution in [0.3, 0.4) is 0 Å². The van der Waals surface area contributed by atoms with Crippen LogP contribution in [0.4, 0.5) is 5.69 Å². The van der Waals surface area contributed by atoms with Crippen molar-refractivity contribution in [3.05, 3.63) is 79.8 Å². The number of aromatic nitrogens is 2. The molecule has 9 heteroatoms. The molecule has 0 spiro atoms. The van der Waals surface area contributed by atoms with Crippen molar-refractivity contribution >= 4 is 50.8 Å². The van der Waals surface area contributed by atoms with Gasteiger partial charge < -0.3 is 19.7 Å². The average Bonchev–Trinajstić information content (AvgIpc) is 3.38. The molecule has 0 radical (unpaired) electrons. The molecule has 3 rings (SSSR count). The molecule has 6 nitrogen and oxygen atoms in total. The van der Waals surface area contributed by atoms with E-state index in [1.54, 1.807) is 12.1 Å². The minimum absolute atomic E-state index is 0.0332. The zero-order valence-electron chi connectivity index (χ0n) is 30.8. The Bertz CT molecular complexity index is 1450. The number of nitrogens with zero attached hydrogens (tertiary/aromatic N) is 2. The van der Waals surface area contributed by atoms with E-state index >= 15 is 0 Å². The Hall–Kier alpha value is -2.06. The number of halogens is 3. The van der Waals surface area contributed by atoms with Crippen molar-refractivity contribution in [2.75, 3.05) is 18.5 Å². The number of carboxylic acids is 1. The molecule has 0 saturated carbocycles.